The molecule has 128 valence electrons. The zero-order valence-electron chi connectivity index (χ0n) is 13.6. The van der Waals surface area contributed by atoms with Gasteiger partial charge in [0, 0.05) is 12.2 Å². The second kappa shape index (κ2) is 7.80. The predicted molar refractivity (Wildman–Crippen MR) is 96.4 cm³/mol. The van der Waals surface area contributed by atoms with Gasteiger partial charge in [0.1, 0.15) is 11.4 Å². The molecule has 8 heteroatoms. The molecule has 0 saturated heterocycles. The maximum atomic E-state index is 12.1. The molecule has 1 aromatic carbocycles. The topological polar surface area (TPSA) is 92.9 Å². The van der Waals surface area contributed by atoms with E-state index in [1.54, 1.807) is 12.1 Å². The fourth-order valence-electron chi connectivity index (χ4n) is 2.24. The third kappa shape index (κ3) is 4.16. The lowest BCUT2D eigenvalue weighted by Crippen LogP contribution is -2.14. The molecule has 7 nitrogen and oxygen atoms in total. The molecule has 0 bridgehead atoms. The highest BCUT2D eigenvalue weighted by molar-refractivity contribution is 7.99. The lowest BCUT2D eigenvalue weighted by atomic mass is 10.3. The van der Waals surface area contributed by atoms with Gasteiger partial charge in [-0.25, -0.2) is 4.98 Å². The van der Waals surface area contributed by atoms with Crippen LogP contribution in [-0.2, 0) is 11.3 Å². The van der Waals surface area contributed by atoms with E-state index in [9.17, 15) is 9.90 Å². The fourth-order valence-corrected chi connectivity index (χ4v) is 3.04. The standard InChI is InChI=1S/C17H17N5O2S/c1-2-22-16(14-9-8-13(23)10-18-14)20-21-17(22)25-11-15(24)19-12-6-4-3-5-7-12/h3-10,23H,2,11H2,1H3,(H,19,24). The Labute approximate surface area is 149 Å². The zero-order chi connectivity index (χ0) is 17.6. The Morgan fingerprint density at radius 2 is 2.00 bits per heavy atom. The Morgan fingerprint density at radius 3 is 2.68 bits per heavy atom. The van der Waals surface area contributed by atoms with Gasteiger partial charge in [-0.2, -0.15) is 0 Å². The quantitative estimate of drug-likeness (QED) is 0.661. The minimum absolute atomic E-state index is 0.0958. The highest BCUT2D eigenvalue weighted by Crippen LogP contribution is 2.23. The Morgan fingerprint density at radius 1 is 1.20 bits per heavy atom. The van der Waals surface area contributed by atoms with E-state index in [4.69, 9.17) is 0 Å². The molecule has 3 aromatic rings. The molecular formula is C17H17N5O2S. The first-order valence-corrected chi connectivity index (χ1v) is 8.72. The summed E-state index contributed by atoms with van der Waals surface area (Å²) in [4.78, 5) is 16.2. The number of nitrogens with zero attached hydrogens (tertiary/aromatic N) is 4. The average molecular weight is 355 g/mol. The van der Waals surface area contributed by atoms with Gasteiger partial charge >= 0.3 is 0 Å². The van der Waals surface area contributed by atoms with Crippen molar-refractivity contribution in [3.05, 3.63) is 48.7 Å². The average Bonchev–Trinajstić information content (AvgIpc) is 3.04. The summed E-state index contributed by atoms with van der Waals surface area (Å²) in [5, 5.41) is 21.2. The van der Waals surface area contributed by atoms with Crippen molar-refractivity contribution in [1.82, 2.24) is 19.7 Å². The predicted octanol–water partition coefficient (Wildman–Crippen LogP) is 2.80. The van der Waals surface area contributed by atoms with Gasteiger partial charge in [0.05, 0.1) is 11.9 Å². The lowest BCUT2D eigenvalue weighted by Gasteiger charge is -2.07. The van der Waals surface area contributed by atoms with Crippen molar-refractivity contribution in [1.29, 1.82) is 0 Å². The second-order valence-corrected chi connectivity index (χ2v) is 6.10. The van der Waals surface area contributed by atoms with Crippen LogP contribution in [0.5, 0.6) is 5.75 Å². The van der Waals surface area contributed by atoms with Gasteiger partial charge in [-0.05, 0) is 31.2 Å². The monoisotopic (exact) mass is 355 g/mol. The minimum atomic E-state index is -0.105. The molecule has 0 atom stereocenters. The van der Waals surface area contributed by atoms with Crippen LogP contribution >= 0.6 is 11.8 Å². The number of pyridine rings is 1. The Hall–Kier alpha value is -2.87. The van der Waals surface area contributed by atoms with Crippen LogP contribution in [0.4, 0.5) is 5.69 Å². The number of thioether (sulfide) groups is 1. The van der Waals surface area contributed by atoms with Crippen molar-refractivity contribution in [2.75, 3.05) is 11.1 Å². The van der Waals surface area contributed by atoms with Crippen molar-refractivity contribution in [3.8, 4) is 17.3 Å². The van der Waals surface area contributed by atoms with E-state index in [1.807, 2.05) is 41.8 Å². The highest BCUT2D eigenvalue weighted by Gasteiger charge is 2.15. The number of anilines is 1. The molecule has 2 N–H and O–H groups in total. The normalized spacial score (nSPS) is 10.6. The first kappa shape index (κ1) is 17.0. The number of aromatic hydroxyl groups is 1. The molecule has 2 heterocycles. The number of benzene rings is 1. The molecule has 0 unspecified atom stereocenters. The summed E-state index contributed by atoms with van der Waals surface area (Å²) in [5.74, 6) is 0.828. The molecule has 0 aliphatic rings. The molecule has 0 aliphatic heterocycles. The molecule has 0 fully saturated rings. The van der Waals surface area contributed by atoms with E-state index in [-0.39, 0.29) is 17.4 Å². The maximum absolute atomic E-state index is 12.1. The van der Waals surface area contributed by atoms with Gasteiger partial charge in [-0.3, -0.25) is 4.79 Å². The molecule has 1 amide bonds. The molecule has 2 aromatic heterocycles. The van der Waals surface area contributed by atoms with Crippen LogP contribution < -0.4 is 5.32 Å². The van der Waals surface area contributed by atoms with Crippen molar-refractivity contribution >= 4 is 23.4 Å². The number of hydrogen-bond acceptors (Lipinski definition) is 6. The molecule has 25 heavy (non-hydrogen) atoms. The van der Waals surface area contributed by atoms with Gasteiger partial charge in [0.2, 0.25) is 5.91 Å². The number of aromatic nitrogens is 4. The van der Waals surface area contributed by atoms with E-state index < -0.39 is 0 Å². The molecule has 3 rings (SSSR count). The molecule has 0 aliphatic carbocycles. The maximum Gasteiger partial charge on any atom is 0.234 e. The fraction of sp³-hybridized carbons (Fsp3) is 0.176. The van der Waals surface area contributed by atoms with E-state index in [0.29, 0.717) is 23.2 Å². The summed E-state index contributed by atoms with van der Waals surface area (Å²) in [6, 6.07) is 12.5. The Kier molecular flexibility index (Phi) is 5.30. The number of para-hydroxylation sites is 1. The van der Waals surface area contributed by atoms with E-state index in [1.165, 1.54) is 18.0 Å². The summed E-state index contributed by atoms with van der Waals surface area (Å²) >= 11 is 1.32. The van der Waals surface area contributed by atoms with E-state index in [0.717, 1.165) is 5.69 Å². The van der Waals surface area contributed by atoms with Crippen molar-refractivity contribution in [2.45, 2.75) is 18.6 Å². The third-order valence-electron chi connectivity index (χ3n) is 3.40. The van der Waals surface area contributed by atoms with Gasteiger partial charge in [-0.15, -0.1) is 10.2 Å². The number of rotatable bonds is 6. The summed E-state index contributed by atoms with van der Waals surface area (Å²) in [7, 11) is 0. The van der Waals surface area contributed by atoms with Crippen LogP contribution in [-0.4, -0.2) is 36.5 Å². The smallest absolute Gasteiger partial charge is 0.234 e. The van der Waals surface area contributed by atoms with Gasteiger partial charge in [0.25, 0.3) is 0 Å². The number of amides is 1. The zero-order valence-corrected chi connectivity index (χ0v) is 14.4. The molecule has 0 spiro atoms. The number of carbonyl (C=O) groups is 1. The van der Waals surface area contributed by atoms with Gasteiger partial charge in [-0.1, -0.05) is 30.0 Å². The minimum Gasteiger partial charge on any atom is -0.506 e. The van der Waals surface area contributed by atoms with Crippen LogP contribution in [0.15, 0.2) is 53.8 Å². The van der Waals surface area contributed by atoms with Crippen molar-refractivity contribution in [2.24, 2.45) is 0 Å². The first-order chi connectivity index (χ1) is 12.2. The van der Waals surface area contributed by atoms with Crippen molar-refractivity contribution in [3.63, 3.8) is 0 Å². The van der Waals surface area contributed by atoms with E-state index >= 15 is 0 Å². The van der Waals surface area contributed by atoms with Crippen LogP contribution in [0.1, 0.15) is 6.92 Å². The molecule has 0 saturated carbocycles. The Balaban J connectivity index is 1.69. The lowest BCUT2D eigenvalue weighted by molar-refractivity contribution is -0.113. The van der Waals surface area contributed by atoms with Gasteiger partial charge in [0.15, 0.2) is 11.0 Å². The SMILES string of the molecule is CCn1c(SCC(=O)Nc2ccccc2)nnc1-c1ccc(O)cn1. The summed E-state index contributed by atoms with van der Waals surface area (Å²) in [5.41, 5.74) is 1.38. The molecule has 0 radical (unpaired) electrons. The van der Waals surface area contributed by atoms with Gasteiger partial charge < -0.3 is 15.0 Å². The highest BCUT2D eigenvalue weighted by atomic mass is 32.2. The van der Waals surface area contributed by atoms with Crippen molar-refractivity contribution < 1.29 is 9.90 Å². The second-order valence-electron chi connectivity index (χ2n) is 5.15. The van der Waals surface area contributed by atoms with E-state index in [2.05, 4.69) is 20.5 Å². The Bertz CT molecular complexity index is 849. The number of nitrogens with one attached hydrogen (secondary N) is 1. The van der Waals surface area contributed by atoms with Crippen LogP contribution in [0.25, 0.3) is 11.5 Å². The van der Waals surface area contributed by atoms with Crippen LogP contribution in [0.3, 0.4) is 0 Å². The summed E-state index contributed by atoms with van der Waals surface area (Å²) in [6.07, 6.45) is 1.37. The van der Waals surface area contributed by atoms with Crippen LogP contribution in [0.2, 0.25) is 0 Å². The number of hydrogen-bond donors (Lipinski definition) is 2. The third-order valence-corrected chi connectivity index (χ3v) is 4.37. The largest absolute Gasteiger partial charge is 0.506 e. The first-order valence-electron chi connectivity index (χ1n) is 7.73. The number of carbonyl (C=O) groups excluding carboxylic acids is 1. The van der Waals surface area contributed by atoms with Crippen LogP contribution in [0, 0.1) is 0 Å². The summed E-state index contributed by atoms with van der Waals surface area (Å²) < 4.78 is 1.89. The summed E-state index contributed by atoms with van der Waals surface area (Å²) in [6.45, 7) is 2.62. The molecular weight excluding hydrogens is 338 g/mol.